The van der Waals surface area contributed by atoms with Crippen LogP contribution in [0.4, 0.5) is 14.5 Å². The molecule has 5 heteroatoms. The molecule has 3 N–H and O–H groups in total. The monoisotopic (exact) mass is 273 g/mol. The van der Waals surface area contributed by atoms with Crippen molar-refractivity contribution in [2.24, 2.45) is 5.73 Å². The maximum Gasteiger partial charge on any atom is 0.150 e. The molecule has 0 spiro atoms. The number of hydrogen-bond acceptors (Lipinski definition) is 3. The summed E-state index contributed by atoms with van der Waals surface area (Å²) in [6.07, 6.45) is 0. The van der Waals surface area contributed by atoms with Crippen molar-refractivity contribution in [3.63, 3.8) is 0 Å². The van der Waals surface area contributed by atoms with Crippen molar-refractivity contribution in [1.82, 2.24) is 0 Å². The first-order chi connectivity index (χ1) is 9.63. The molecule has 0 bridgehead atoms. The largest absolute Gasteiger partial charge is 0.376 e. The zero-order valence-corrected chi connectivity index (χ0v) is 10.7. The SMILES string of the molecule is N#Cc1cc(F)c(NCc2ccc(CN)cc2)c(F)c1. The lowest BCUT2D eigenvalue weighted by Gasteiger charge is -2.09. The average molecular weight is 273 g/mol. The van der Waals surface area contributed by atoms with Gasteiger partial charge in [-0.2, -0.15) is 5.26 Å². The minimum Gasteiger partial charge on any atom is -0.376 e. The van der Waals surface area contributed by atoms with E-state index in [-0.39, 0.29) is 17.8 Å². The second-order valence-corrected chi connectivity index (χ2v) is 4.30. The summed E-state index contributed by atoms with van der Waals surface area (Å²) in [5.74, 6) is -1.56. The molecule has 0 heterocycles. The van der Waals surface area contributed by atoms with Gasteiger partial charge in [0, 0.05) is 13.1 Å². The molecule has 102 valence electrons. The third kappa shape index (κ3) is 3.11. The quantitative estimate of drug-likeness (QED) is 0.900. The van der Waals surface area contributed by atoms with Crippen LogP contribution in [0.2, 0.25) is 0 Å². The number of rotatable bonds is 4. The third-order valence-electron chi connectivity index (χ3n) is 2.90. The second-order valence-electron chi connectivity index (χ2n) is 4.30. The van der Waals surface area contributed by atoms with Crippen LogP contribution in [0.3, 0.4) is 0 Å². The summed E-state index contributed by atoms with van der Waals surface area (Å²) < 4.78 is 27.3. The highest BCUT2D eigenvalue weighted by Gasteiger charge is 2.10. The Hall–Kier alpha value is -2.45. The van der Waals surface area contributed by atoms with Crippen molar-refractivity contribution in [3.05, 3.63) is 64.7 Å². The predicted octanol–water partition coefficient (Wildman–Crippen LogP) is 2.91. The fourth-order valence-corrected chi connectivity index (χ4v) is 1.79. The van der Waals surface area contributed by atoms with Gasteiger partial charge in [0.25, 0.3) is 0 Å². The number of hydrogen-bond donors (Lipinski definition) is 2. The topological polar surface area (TPSA) is 61.8 Å². The molecular formula is C15H13F2N3. The minimum absolute atomic E-state index is 0.0437. The Morgan fingerprint density at radius 1 is 1.05 bits per heavy atom. The number of nitrogens with zero attached hydrogens (tertiary/aromatic N) is 1. The van der Waals surface area contributed by atoms with Crippen molar-refractivity contribution < 1.29 is 8.78 Å². The Labute approximate surface area is 115 Å². The van der Waals surface area contributed by atoms with E-state index in [1.54, 1.807) is 6.07 Å². The normalized spacial score (nSPS) is 10.1. The summed E-state index contributed by atoms with van der Waals surface area (Å²) in [6, 6.07) is 11.1. The molecule has 2 aromatic carbocycles. The number of benzene rings is 2. The van der Waals surface area contributed by atoms with Gasteiger partial charge in [0.15, 0.2) is 11.6 Å². The lowest BCUT2D eigenvalue weighted by atomic mass is 10.1. The van der Waals surface area contributed by atoms with E-state index in [4.69, 9.17) is 11.0 Å². The van der Waals surface area contributed by atoms with Crippen LogP contribution < -0.4 is 11.1 Å². The van der Waals surface area contributed by atoms with Crippen molar-refractivity contribution in [2.45, 2.75) is 13.1 Å². The molecule has 0 unspecified atom stereocenters. The van der Waals surface area contributed by atoms with Gasteiger partial charge in [-0.3, -0.25) is 0 Å². The van der Waals surface area contributed by atoms with Crippen LogP contribution in [-0.4, -0.2) is 0 Å². The van der Waals surface area contributed by atoms with Gasteiger partial charge in [-0.15, -0.1) is 0 Å². The molecule has 2 aromatic rings. The Morgan fingerprint density at radius 3 is 2.10 bits per heavy atom. The summed E-state index contributed by atoms with van der Waals surface area (Å²) in [5, 5.41) is 11.3. The van der Waals surface area contributed by atoms with Crippen LogP contribution in [-0.2, 0) is 13.1 Å². The van der Waals surface area contributed by atoms with Gasteiger partial charge in [0.1, 0.15) is 5.69 Å². The zero-order chi connectivity index (χ0) is 14.5. The number of nitrogens with one attached hydrogen (secondary N) is 1. The van der Waals surface area contributed by atoms with Crippen LogP contribution in [0.15, 0.2) is 36.4 Å². The Bertz CT molecular complexity index is 622. The smallest absolute Gasteiger partial charge is 0.150 e. The molecular weight excluding hydrogens is 260 g/mol. The van der Waals surface area contributed by atoms with E-state index in [0.717, 1.165) is 23.3 Å². The Balaban J connectivity index is 2.12. The molecule has 0 radical (unpaired) electrons. The van der Waals surface area contributed by atoms with Gasteiger partial charge in [-0.05, 0) is 23.3 Å². The molecule has 0 fully saturated rings. The van der Waals surface area contributed by atoms with E-state index in [1.165, 1.54) is 0 Å². The molecule has 20 heavy (non-hydrogen) atoms. The van der Waals surface area contributed by atoms with Crippen LogP contribution >= 0.6 is 0 Å². The molecule has 0 aliphatic rings. The van der Waals surface area contributed by atoms with Gasteiger partial charge < -0.3 is 11.1 Å². The Morgan fingerprint density at radius 2 is 1.60 bits per heavy atom. The van der Waals surface area contributed by atoms with Crippen molar-refractivity contribution in [1.29, 1.82) is 5.26 Å². The van der Waals surface area contributed by atoms with E-state index in [1.807, 2.05) is 24.3 Å². The predicted molar refractivity (Wildman–Crippen MR) is 72.7 cm³/mol. The highest BCUT2D eigenvalue weighted by molar-refractivity contribution is 5.50. The van der Waals surface area contributed by atoms with Gasteiger partial charge >= 0.3 is 0 Å². The molecule has 3 nitrogen and oxygen atoms in total. The van der Waals surface area contributed by atoms with Crippen molar-refractivity contribution in [3.8, 4) is 6.07 Å². The summed E-state index contributed by atoms with van der Waals surface area (Å²) in [7, 11) is 0. The third-order valence-corrected chi connectivity index (χ3v) is 2.90. The van der Waals surface area contributed by atoms with Crippen molar-refractivity contribution >= 4 is 5.69 Å². The van der Waals surface area contributed by atoms with Gasteiger partial charge in [-0.25, -0.2) is 8.78 Å². The number of anilines is 1. The summed E-state index contributed by atoms with van der Waals surface area (Å²) in [6.45, 7) is 0.733. The molecule has 0 aliphatic heterocycles. The molecule has 0 aromatic heterocycles. The molecule has 0 aliphatic carbocycles. The molecule has 0 saturated carbocycles. The fraction of sp³-hybridized carbons (Fsp3) is 0.133. The van der Waals surface area contributed by atoms with Crippen LogP contribution in [0, 0.1) is 23.0 Å². The fourth-order valence-electron chi connectivity index (χ4n) is 1.79. The van der Waals surface area contributed by atoms with E-state index >= 15 is 0 Å². The zero-order valence-electron chi connectivity index (χ0n) is 10.7. The Kier molecular flexibility index (Phi) is 4.28. The summed E-state index contributed by atoms with van der Waals surface area (Å²) in [4.78, 5) is 0. The summed E-state index contributed by atoms with van der Waals surface area (Å²) >= 11 is 0. The van der Waals surface area contributed by atoms with Crippen molar-refractivity contribution in [2.75, 3.05) is 5.32 Å². The van der Waals surface area contributed by atoms with Gasteiger partial charge in [0.2, 0.25) is 0 Å². The lowest BCUT2D eigenvalue weighted by molar-refractivity contribution is 0.587. The number of halogens is 2. The second kappa shape index (κ2) is 6.13. The van der Waals surface area contributed by atoms with E-state index in [9.17, 15) is 8.78 Å². The lowest BCUT2D eigenvalue weighted by Crippen LogP contribution is -2.05. The maximum atomic E-state index is 13.6. The first-order valence-electron chi connectivity index (χ1n) is 6.05. The first kappa shape index (κ1) is 14.0. The van der Waals surface area contributed by atoms with E-state index in [2.05, 4.69) is 5.32 Å². The highest BCUT2D eigenvalue weighted by Crippen LogP contribution is 2.21. The van der Waals surface area contributed by atoms with Crippen LogP contribution in [0.1, 0.15) is 16.7 Å². The summed E-state index contributed by atoms with van der Waals surface area (Å²) in [5.41, 5.74) is 7.09. The standard InChI is InChI=1S/C15H13F2N3/c16-13-5-12(8-19)6-14(17)15(13)20-9-11-3-1-10(7-18)2-4-11/h1-6,20H,7,9,18H2. The maximum absolute atomic E-state index is 13.6. The number of nitriles is 1. The van der Waals surface area contributed by atoms with Gasteiger partial charge in [0.05, 0.1) is 11.6 Å². The highest BCUT2D eigenvalue weighted by atomic mass is 19.1. The number of nitrogens with two attached hydrogens (primary N) is 1. The van der Waals surface area contributed by atoms with E-state index in [0.29, 0.717) is 6.54 Å². The van der Waals surface area contributed by atoms with E-state index < -0.39 is 11.6 Å². The molecule has 0 atom stereocenters. The first-order valence-corrected chi connectivity index (χ1v) is 6.05. The molecule has 0 saturated heterocycles. The van der Waals surface area contributed by atoms with Gasteiger partial charge in [-0.1, -0.05) is 24.3 Å². The minimum atomic E-state index is -0.778. The van der Waals surface area contributed by atoms with Crippen LogP contribution in [0.25, 0.3) is 0 Å². The van der Waals surface area contributed by atoms with Crippen LogP contribution in [0.5, 0.6) is 0 Å². The molecule has 0 amide bonds. The molecule has 2 rings (SSSR count). The average Bonchev–Trinajstić information content (AvgIpc) is 2.46.